The van der Waals surface area contributed by atoms with E-state index >= 15 is 0 Å². The molecule has 0 atom stereocenters. The predicted molar refractivity (Wildman–Crippen MR) is 513 cm³/mol. The molecule has 11 heterocycles. The Balaban J connectivity index is 0.000000138. The molecule has 4 amide bonds. The summed E-state index contributed by atoms with van der Waals surface area (Å²) < 4.78 is 179. The number of hydrogen-bond donors (Lipinski definition) is 8. The van der Waals surface area contributed by atoms with Crippen LogP contribution in [0, 0.1) is 5.92 Å². The fraction of sp³-hybridized carbons (Fsp3) is 0.240. The molecule has 144 heavy (non-hydrogen) atoms. The van der Waals surface area contributed by atoms with Crippen LogP contribution in [-0.4, -0.2) is 221 Å². The zero-order chi connectivity index (χ0) is 101. The molecule has 44 heteroatoms. The number of alkyl halides is 12. The van der Waals surface area contributed by atoms with Crippen LogP contribution in [-0.2, 0) is 4.74 Å². The molecule has 32 nitrogen and oxygen atoms in total. The number of nitrogens with zero attached hydrogens (tertiary/aromatic N) is 15. The van der Waals surface area contributed by atoms with Gasteiger partial charge >= 0.3 is 25.4 Å². The third kappa shape index (κ3) is 27.8. The zero-order valence-electron chi connectivity index (χ0n) is 77.1. The number of piperidine rings is 2. The second kappa shape index (κ2) is 45.0. The molecule has 0 saturated carbocycles. The van der Waals surface area contributed by atoms with Crippen molar-refractivity contribution in [1.29, 1.82) is 0 Å². The smallest absolute Gasteiger partial charge is 0.406 e. The van der Waals surface area contributed by atoms with Crippen LogP contribution in [0.15, 0.2) is 267 Å². The highest BCUT2D eigenvalue weighted by atomic mass is 19.4. The molecule has 3 fully saturated rings. The van der Waals surface area contributed by atoms with E-state index in [1.807, 2.05) is 0 Å². The summed E-state index contributed by atoms with van der Waals surface area (Å²) in [5, 5.41) is 42.3. The van der Waals surface area contributed by atoms with Gasteiger partial charge in [0.1, 0.15) is 23.0 Å². The summed E-state index contributed by atoms with van der Waals surface area (Å²) >= 11 is 0. The van der Waals surface area contributed by atoms with E-state index in [-0.39, 0.29) is 52.7 Å². The summed E-state index contributed by atoms with van der Waals surface area (Å²) in [5.74, 6) is -0.0493. The van der Waals surface area contributed by atoms with Crippen LogP contribution in [0.3, 0.4) is 0 Å². The summed E-state index contributed by atoms with van der Waals surface area (Å²) in [6.07, 6.45) is -8.35. The van der Waals surface area contributed by atoms with E-state index in [0.717, 1.165) is 84.7 Å². The van der Waals surface area contributed by atoms with Gasteiger partial charge in [0.05, 0.1) is 13.2 Å². The van der Waals surface area contributed by atoms with E-state index in [1.165, 1.54) is 91.2 Å². The first-order chi connectivity index (χ1) is 69.1. The molecule has 0 radical (unpaired) electrons. The van der Waals surface area contributed by atoms with Gasteiger partial charge in [0, 0.05) is 145 Å². The lowest BCUT2D eigenvalue weighted by molar-refractivity contribution is -0.275. The second-order valence-electron chi connectivity index (χ2n) is 33.5. The maximum atomic E-state index is 12.6. The summed E-state index contributed by atoms with van der Waals surface area (Å²) in [6, 6.07) is 64.6. The van der Waals surface area contributed by atoms with E-state index in [4.69, 9.17) is 4.74 Å². The van der Waals surface area contributed by atoms with Crippen molar-refractivity contribution in [2.45, 2.75) is 57.2 Å². The molecule has 16 aromatic rings. The van der Waals surface area contributed by atoms with Gasteiger partial charge in [-0.25, -0.2) is 18.1 Å². The lowest BCUT2D eigenvalue weighted by Crippen LogP contribution is -2.43. The monoisotopic (exact) mass is 1990 g/mol. The molecule has 8 aromatic carbocycles. The number of nitrogens with one attached hydrogen (secondary N) is 8. The summed E-state index contributed by atoms with van der Waals surface area (Å²) in [4.78, 5) is 73.6. The van der Waals surface area contributed by atoms with Crippen LogP contribution in [0.4, 0.5) is 99.2 Å². The van der Waals surface area contributed by atoms with E-state index in [9.17, 15) is 71.9 Å². The van der Waals surface area contributed by atoms with Crippen LogP contribution in [0.5, 0.6) is 23.0 Å². The molecule has 3 saturated heterocycles. The molecular weight excluding hydrogens is 1900 g/mol. The van der Waals surface area contributed by atoms with Crippen molar-refractivity contribution < 1.29 is 95.5 Å². The molecule has 8 aromatic heterocycles. The zero-order valence-corrected chi connectivity index (χ0v) is 77.1. The standard InChI is InChI=1S/C26H25F3N6O3.2C26H25F3N6O2.C22H18F3N5O2/c27-26(28,29)38-21-4-1-3-19(17-21)22-5-2-11-35-23(22)32-25(33-35)31-20-8-6-18(7-9-20)24(36)30-10-12-34-13-15-37-16-14-34;1-34-14-11-20(12-15-34)30-24(36)17-7-9-19(10-8-17)31-25-32-23-22(6-3-13-35(23)33-25)18-4-2-5-21(16-18)37-26(27,28)29;27-26(28,29)37-21-4-1-3-19(15-21)22-5-2-14-35-23(22)33-25(34-35)32-20-8-6-18(7-9-20)24(36)31-16-17-10-12-30-13-11-17;1-29(2)20(31)14-8-10-16(11-9-14)26-21-27-19-18(7-4-12-30(19)28-21)15-5-3-6-17(13-15)32-22(23,24)25/h1-9,11,17H,10,12-16H2,(H,30,36)(H,31,33);2-10,13,16,20H,11-12,14-15H2,1H3,(H,30,36)(H,31,33);1-9,14-15,17,30H,10-13,16H2,(H,31,36)(H,32,34);3-13H,1-2H3,(H,26,28). The highest BCUT2D eigenvalue weighted by molar-refractivity contribution is 5.97. The van der Waals surface area contributed by atoms with Gasteiger partial charge in [-0.05, 0) is 281 Å². The molecule has 3 aliphatic heterocycles. The molecule has 3 aliphatic rings. The van der Waals surface area contributed by atoms with E-state index in [0.29, 0.717) is 155 Å². The van der Waals surface area contributed by atoms with Crippen LogP contribution >= 0.6 is 0 Å². The molecule has 8 N–H and O–H groups in total. The van der Waals surface area contributed by atoms with Crippen LogP contribution in [0.1, 0.15) is 67.1 Å². The van der Waals surface area contributed by atoms with Gasteiger partial charge in [0.2, 0.25) is 23.8 Å². The number of amides is 4. The first kappa shape index (κ1) is 100. The molecule has 0 unspecified atom stereocenters. The number of benzene rings is 8. The Kier molecular flexibility index (Phi) is 31.4. The number of carbonyl (C=O) groups is 4. The minimum absolute atomic E-state index is 0.103. The second-order valence-corrected chi connectivity index (χ2v) is 33.5. The number of aromatic nitrogens is 12. The lowest BCUT2D eigenvalue weighted by atomic mass is 9.98. The number of fused-ring (bicyclic) bond motifs is 4. The fourth-order valence-corrected chi connectivity index (χ4v) is 15.9. The van der Waals surface area contributed by atoms with Crippen molar-refractivity contribution >= 4 is 92.8 Å². The van der Waals surface area contributed by atoms with Crippen molar-refractivity contribution in [3.8, 4) is 67.5 Å². The Bertz CT molecular complexity index is 7130. The Labute approximate surface area is 813 Å². The number of rotatable bonds is 26. The Morgan fingerprint density at radius 3 is 1.02 bits per heavy atom. The van der Waals surface area contributed by atoms with Crippen LogP contribution in [0.2, 0.25) is 0 Å². The largest absolute Gasteiger partial charge is 0.573 e. The first-order valence-corrected chi connectivity index (χ1v) is 45.2. The van der Waals surface area contributed by atoms with Crippen molar-refractivity contribution in [3.05, 3.63) is 290 Å². The Morgan fingerprint density at radius 2 is 0.701 bits per heavy atom. The quantitative estimate of drug-likeness (QED) is 0.0233. The lowest BCUT2D eigenvalue weighted by Gasteiger charge is -2.29. The topological polar surface area (TPSA) is 341 Å². The number of likely N-dealkylation sites (tertiary alicyclic amines) is 1. The highest BCUT2D eigenvalue weighted by Crippen LogP contribution is 2.37. The van der Waals surface area contributed by atoms with E-state index in [1.54, 1.807) is 213 Å². The Hall–Kier alpha value is -16.5. The van der Waals surface area contributed by atoms with E-state index in [2.05, 4.69) is 119 Å². The third-order valence-corrected chi connectivity index (χ3v) is 22.8. The summed E-state index contributed by atoms with van der Waals surface area (Å²) in [6.45, 7) is 9.07. The molecule has 0 aliphatic carbocycles. The Morgan fingerprint density at radius 1 is 0.389 bits per heavy atom. The summed E-state index contributed by atoms with van der Waals surface area (Å²) in [7, 11) is 5.43. The van der Waals surface area contributed by atoms with Crippen LogP contribution in [0.25, 0.3) is 67.1 Å². The van der Waals surface area contributed by atoms with Crippen molar-refractivity contribution in [2.75, 3.05) is 115 Å². The number of pyridine rings is 4. The molecule has 19 rings (SSSR count). The van der Waals surface area contributed by atoms with Crippen molar-refractivity contribution in [3.63, 3.8) is 0 Å². The van der Waals surface area contributed by atoms with Gasteiger partial charge in [-0.15, -0.1) is 73.1 Å². The minimum Gasteiger partial charge on any atom is -0.406 e. The van der Waals surface area contributed by atoms with Crippen molar-refractivity contribution in [1.82, 2.24) is 94.4 Å². The predicted octanol–water partition coefficient (Wildman–Crippen LogP) is 18.5. The van der Waals surface area contributed by atoms with Gasteiger partial charge in [0.15, 0.2) is 22.6 Å². The normalized spacial score (nSPS) is 13.9. The van der Waals surface area contributed by atoms with E-state index < -0.39 is 25.4 Å². The van der Waals surface area contributed by atoms with Gasteiger partial charge in [0.25, 0.3) is 23.6 Å². The highest BCUT2D eigenvalue weighted by Gasteiger charge is 2.35. The average Bonchev–Trinajstić information content (AvgIpc) is 1.64. The maximum Gasteiger partial charge on any atom is 0.573 e. The molecule has 0 spiro atoms. The minimum atomic E-state index is -4.78. The molecular formula is C100H93F12N23O9. The third-order valence-electron chi connectivity index (χ3n) is 22.8. The number of anilines is 8. The number of hydrogen-bond acceptors (Lipinski definition) is 24. The number of ether oxygens (including phenoxy) is 5. The SMILES string of the molecule is CN(C)C(=O)c1ccc(Nc2nc3c(-c4cccc(OC(F)(F)F)c4)cccn3n2)cc1.CN1CCC(NC(=O)c2ccc(Nc3nc4c(-c5cccc(OC(F)(F)F)c5)cccn4n3)cc2)CC1.O=C(NCC1CCNCC1)c1ccc(Nc2nc3c(-c4cccc(OC(F)(F)F)c4)cccn3n2)cc1.O=C(NCCN1CCOCC1)c1ccc(Nc2nc3c(-c4cccc(OC(F)(F)F)c4)cccn3n2)cc1. The average molecular weight is 1990 g/mol. The summed E-state index contributed by atoms with van der Waals surface area (Å²) in [5.41, 5.74) is 11.1. The fourth-order valence-electron chi connectivity index (χ4n) is 15.9. The molecule has 0 bridgehead atoms. The number of morpholine rings is 1. The van der Waals surface area contributed by atoms with Gasteiger partial charge < -0.3 is 76.0 Å². The number of halogens is 12. The van der Waals surface area contributed by atoms with Gasteiger partial charge in [-0.3, -0.25) is 24.1 Å². The van der Waals surface area contributed by atoms with Crippen LogP contribution < -0.4 is 61.5 Å². The van der Waals surface area contributed by atoms with Gasteiger partial charge in [-0.1, -0.05) is 48.5 Å². The number of carbonyl (C=O) groups excluding carboxylic acids is 4. The molecule has 746 valence electrons. The first-order valence-electron chi connectivity index (χ1n) is 45.2. The van der Waals surface area contributed by atoms with Gasteiger partial charge in [-0.2, -0.15) is 19.9 Å². The van der Waals surface area contributed by atoms with Crippen molar-refractivity contribution in [2.24, 2.45) is 5.92 Å². The maximum absolute atomic E-state index is 12.6.